The highest BCUT2D eigenvalue weighted by Gasteiger charge is 2.38. The van der Waals surface area contributed by atoms with Gasteiger partial charge in [-0.25, -0.2) is 13.2 Å². The zero-order valence-electron chi connectivity index (χ0n) is 15.2. The molecular formula is C18H21ClN2O6S. The molecule has 1 aliphatic rings. The van der Waals surface area contributed by atoms with E-state index in [1.54, 1.807) is 31.2 Å². The van der Waals surface area contributed by atoms with Crippen LogP contribution in [0.1, 0.15) is 30.7 Å². The van der Waals surface area contributed by atoms with E-state index in [1.807, 2.05) is 0 Å². The Labute approximate surface area is 166 Å². The summed E-state index contributed by atoms with van der Waals surface area (Å²) in [6.45, 7) is 1.77. The number of nitrogens with one attached hydrogen (secondary N) is 1. The van der Waals surface area contributed by atoms with Gasteiger partial charge in [0.1, 0.15) is 12.3 Å². The first-order valence-electron chi connectivity index (χ1n) is 8.82. The molecule has 0 spiro atoms. The van der Waals surface area contributed by atoms with Crippen molar-refractivity contribution in [3.05, 3.63) is 67.4 Å². The Morgan fingerprint density at radius 2 is 2.00 bits per heavy atom. The summed E-state index contributed by atoms with van der Waals surface area (Å²) in [7, 11) is -3.62. The molecule has 3 atom stereocenters. The van der Waals surface area contributed by atoms with Crippen molar-refractivity contribution in [1.82, 2.24) is 9.55 Å². The molecule has 1 fully saturated rings. The Morgan fingerprint density at radius 3 is 2.68 bits per heavy atom. The van der Waals surface area contributed by atoms with Crippen molar-refractivity contribution in [3.63, 3.8) is 0 Å². The van der Waals surface area contributed by atoms with Gasteiger partial charge in [-0.3, -0.25) is 14.3 Å². The van der Waals surface area contributed by atoms with Crippen LogP contribution in [0.5, 0.6) is 0 Å². The molecule has 0 aliphatic carbocycles. The molecule has 2 aromatic rings. The van der Waals surface area contributed by atoms with Crippen LogP contribution in [0.2, 0.25) is 5.02 Å². The number of hydrogen-bond acceptors (Lipinski definition) is 6. The van der Waals surface area contributed by atoms with Crippen molar-refractivity contribution < 1.29 is 18.3 Å². The van der Waals surface area contributed by atoms with Gasteiger partial charge in [-0.1, -0.05) is 36.7 Å². The molecule has 0 bridgehead atoms. The third kappa shape index (κ3) is 4.54. The molecule has 28 heavy (non-hydrogen) atoms. The average molecular weight is 429 g/mol. The number of hydrogen-bond donors (Lipinski definition) is 2. The average Bonchev–Trinajstić information content (AvgIpc) is 2.96. The summed E-state index contributed by atoms with van der Waals surface area (Å²) in [6, 6.07) is 6.64. The quantitative estimate of drug-likeness (QED) is 0.709. The molecular weight excluding hydrogens is 408 g/mol. The van der Waals surface area contributed by atoms with Gasteiger partial charge in [0.15, 0.2) is 9.84 Å². The molecule has 3 rings (SSSR count). The second kappa shape index (κ2) is 8.20. The van der Waals surface area contributed by atoms with Gasteiger partial charge in [0.2, 0.25) is 0 Å². The lowest BCUT2D eigenvalue weighted by Gasteiger charge is -2.17. The van der Waals surface area contributed by atoms with Crippen LogP contribution in [0, 0.1) is 0 Å². The number of benzene rings is 1. The van der Waals surface area contributed by atoms with Crippen LogP contribution in [0.15, 0.2) is 40.1 Å². The zero-order chi connectivity index (χ0) is 20.5. The predicted molar refractivity (Wildman–Crippen MR) is 104 cm³/mol. The number of ether oxygens (including phenoxy) is 1. The lowest BCUT2D eigenvalue weighted by Crippen LogP contribution is -2.34. The number of aryl methyl sites for hydroxylation is 1. The number of aliphatic hydroxyl groups is 1. The first-order valence-corrected chi connectivity index (χ1v) is 11.0. The lowest BCUT2D eigenvalue weighted by molar-refractivity contribution is -0.00848. The van der Waals surface area contributed by atoms with Gasteiger partial charge in [0, 0.05) is 23.2 Å². The molecule has 1 aliphatic heterocycles. The highest BCUT2D eigenvalue weighted by atomic mass is 35.5. The molecule has 8 nitrogen and oxygen atoms in total. The maximum atomic E-state index is 12.5. The van der Waals surface area contributed by atoms with E-state index in [0.29, 0.717) is 22.6 Å². The Bertz CT molecular complexity index is 1080. The summed E-state index contributed by atoms with van der Waals surface area (Å²) in [5, 5.41) is 10.6. The number of aromatic nitrogens is 2. The van der Waals surface area contributed by atoms with Crippen LogP contribution in [0.3, 0.4) is 0 Å². The maximum absolute atomic E-state index is 12.5. The Balaban J connectivity index is 1.76. The van der Waals surface area contributed by atoms with Crippen LogP contribution in [0.25, 0.3) is 0 Å². The van der Waals surface area contributed by atoms with Crippen molar-refractivity contribution in [2.45, 2.75) is 44.0 Å². The van der Waals surface area contributed by atoms with E-state index in [0.717, 1.165) is 0 Å². The SMILES string of the molecule is CCc1cn([C@@H]2CC(O)[C@H](CS(=O)(=O)Cc3ccccc3Cl)O2)c(=O)[nH]c1=O. The monoisotopic (exact) mass is 428 g/mol. The fourth-order valence-corrected chi connectivity index (χ4v) is 5.12. The predicted octanol–water partition coefficient (Wildman–Crippen LogP) is 1.02. The first-order chi connectivity index (χ1) is 13.2. The highest BCUT2D eigenvalue weighted by molar-refractivity contribution is 7.90. The van der Waals surface area contributed by atoms with Crippen molar-refractivity contribution in [1.29, 1.82) is 0 Å². The van der Waals surface area contributed by atoms with Crippen molar-refractivity contribution in [2.75, 3.05) is 5.75 Å². The second-order valence-corrected chi connectivity index (χ2v) is 9.27. The number of nitrogens with zero attached hydrogens (tertiary/aromatic N) is 1. The van der Waals surface area contributed by atoms with Crippen LogP contribution in [0.4, 0.5) is 0 Å². The van der Waals surface area contributed by atoms with Gasteiger partial charge in [-0.05, 0) is 18.1 Å². The number of H-pyrrole nitrogens is 1. The topological polar surface area (TPSA) is 118 Å². The van der Waals surface area contributed by atoms with Crippen LogP contribution in [-0.2, 0) is 26.7 Å². The van der Waals surface area contributed by atoms with Gasteiger partial charge in [-0.2, -0.15) is 0 Å². The Kier molecular flexibility index (Phi) is 6.09. The normalized spacial score (nSPS) is 22.5. The number of rotatable bonds is 6. The fraction of sp³-hybridized carbons (Fsp3) is 0.444. The smallest absolute Gasteiger partial charge is 0.330 e. The zero-order valence-corrected chi connectivity index (χ0v) is 16.7. The molecule has 1 unspecified atom stereocenters. The first kappa shape index (κ1) is 20.8. The molecule has 1 aromatic carbocycles. The van der Waals surface area contributed by atoms with Gasteiger partial charge in [-0.15, -0.1) is 0 Å². The van der Waals surface area contributed by atoms with E-state index >= 15 is 0 Å². The van der Waals surface area contributed by atoms with Crippen molar-refractivity contribution >= 4 is 21.4 Å². The Morgan fingerprint density at radius 1 is 1.29 bits per heavy atom. The number of sulfone groups is 1. The summed E-state index contributed by atoms with van der Waals surface area (Å²) < 4.78 is 31.9. The van der Waals surface area contributed by atoms with Crippen LogP contribution >= 0.6 is 11.6 Å². The molecule has 0 saturated carbocycles. The molecule has 2 N–H and O–H groups in total. The van der Waals surface area contributed by atoms with Gasteiger partial charge >= 0.3 is 5.69 Å². The van der Waals surface area contributed by atoms with Crippen LogP contribution in [-0.4, -0.2) is 41.0 Å². The standard InChI is InChI=1S/C18H21ClN2O6S/c1-2-11-8-21(18(24)20-17(11)23)16-7-14(22)15(27-16)10-28(25,26)9-12-5-3-4-6-13(12)19/h3-6,8,14-16,22H,2,7,9-10H2,1H3,(H,20,23,24)/t14?,15-,16-/m0/s1. The van der Waals surface area contributed by atoms with Crippen LogP contribution < -0.4 is 11.2 Å². The van der Waals surface area contributed by atoms with E-state index in [-0.39, 0.29) is 12.2 Å². The summed E-state index contributed by atoms with van der Waals surface area (Å²) >= 11 is 6.03. The van der Waals surface area contributed by atoms with Gasteiger partial charge in [0.25, 0.3) is 5.56 Å². The molecule has 1 aromatic heterocycles. The van der Waals surface area contributed by atoms with E-state index in [2.05, 4.69) is 4.98 Å². The van der Waals surface area contributed by atoms with E-state index in [4.69, 9.17) is 16.3 Å². The summed E-state index contributed by atoms with van der Waals surface area (Å²) in [6.07, 6.45) is -1.05. The minimum atomic E-state index is -3.62. The second-order valence-electron chi connectivity index (χ2n) is 6.75. The largest absolute Gasteiger partial charge is 0.390 e. The maximum Gasteiger partial charge on any atom is 0.330 e. The van der Waals surface area contributed by atoms with E-state index in [9.17, 15) is 23.1 Å². The van der Waals surface area contributed by atoms with E-state index < -0.39 is 45.3 Å². The molecule has 1 saturated heterocycles. The highest BCUT2D eigenvalue weighted by Crippen LogP contribution is 2.29. The van der Waals surface area contributed by atoms with E-state index in [1.165, 1.54) is 10.8 Å². The molecule has 10 heteroatoms. The van der Waals surface area contributed by atoms with Crippen molar-refractivity contribution in [3.8, 4) is 0 Å². The number of aromatic amines is 1. The third-order valence-electron chi connectivity index (χ3n) is 4.69. The molecule has 0 amide bonds. The molecule has 0 radical (unpaired) electrons. The summed E-state index contributed by atoms with van der Waals surface area (Å²) in [5.41, 5.74) is -0.273. The third-order valence-corrected chi connectivity index (χ3v) is 6.64. The minimum absolute atomic E-state index is 0.0430. The van der Waals surface area contributed by atoms with Crippen molar-refractivity contribution in [2.24, 2.45) is 0 Å². The minimum Gasteiger partial charge on any atom is -0.390 e. The summed E-state index contributed by atoms with van der Waals surface area (Å²) in [4.78, 5) is 26.0. The number of halogens is 1. The van der Waals surface area contributed by atoms with Gasteiger partial charge in [0.05, 0.1) is 17.6 Å². The number of aliphatic hydroxyl groups excluding tert-OH is 1. The Hall–Kier alpha value is -1.94. The van der Waals surface area contributed by atoms with Gasteiger partial charge < -0.3 is 9.84 Å². The fourth-order valence-electron chi connectivity index (χ4n) is 3.19. The molecule has 2 heterocycles. The summed E-state index contributed by atoms with van der Waals surface area (Å²) in [5.74, 6) is -0.683. The lowest BCUT2D eigenvalue weighted by atomic mass is 10.2. The molecule has 152 valence electrons.